The van der Waals surface area contributed by atoms with Crippen molar-refractivity contribution < 1.29 is 40.8 Å². The molecular weight excluding hydrogens is 326 g/mol. The van der Waals surface area contributed by atoms with Crippen LogP contribution in [0.4, 0.5) is 8.78 Å². The summed E-state index contributed by atoms with van der Waals surface area (Å²) in [5, 5.41) is -4.52. The highest BCUT2D eigenvalue weighted by Gasteiger charge is 2.45. The van der Waals surface area contributed by atoms with E-state index in [2.05, 4.69) is 11.3 Å². The molecule has 128 valence electrons. The molecule has 0 aromatic rings. The van der Waals surface area contributed by atoms with Crippen LogP contribution in [0.3, 0.4) is 0 Å². The Morgan fingerprint density at radius 3 is 2.27 bits per heavy atom. The maximum atomic E-state index is 12.7. The van der Waals surface area contributed by atoms with Crippen molar-refractivity contribution in [3.05, 3.63) is 12.7 Å². The Balaban J connectivity index is 3.71. The van der Waals surface area contributed by atoms with Gasteiger partial charge in [-0.1, -0.05) is 19.4 Å². The van der Waals surface area contributed by atoms with Crippen LogP contribution in [0.5, 0.6) is 0 Å². The zero-order valence-corrected chi connectivity index (χ0v) is 12.6. The molecule has 0 aromatic carbocycles. The lowest BCUT2D eigenvalue weighted by molar-refractivity contribution is -0.149. The van der Waals surface area contributed by atoms with Crippen LogP contribution in [0.15, 0.2) is 12.7 Å². The number of hydrogen-bond acceptors (Lipinski definition) is 6. The first-order valence-corrected chi connectivity index (χ1v) is 7.84. The molecule has 0 heterocycles. The van der Waals surface area contributed by atoms with Gasteiger partial charge in [0.2, 0.25) is 0 Å². The van der Waals surface area contributed by atoms with Gasteiger partial charge in [-0.05, 0) is 12.8 Å². The zero-order valence-electron chi connectivity index (χ0n) is 11.8. The van der Waals surface area contributed by atoms with Crippen LogP contribution in [0.2, 0.25) is 0 Å². The van der Waals surface area contributed by atoms with Gasteiger partial charge in [-0.25, -0.2) is 4.79 Å². The van der Waals surface area contributed by atoms with Gasteiger partial charge in [0.05, 0.1) is 6.61 Å². The molecule has 0 aliphatic rings. The van der Waals surface area contributed by atoms with Crippen LogP contribution in [0, 0.1) is 0 Å². The normalized spacial score (nSPS) is 11.8. The number of carbonyl (C=O) groups excluding carboxylic acids is 2. The molecule has 0 spiro atoms. The van der Waals surface area contributed by atoms with Crippen molar-refractivity contribution in [2.75, 3.05) is 13.2 Å². The van der Waals surface area contributed by atoms with Crippen molar-refractivity contribution in [3.63, 3.8) is 0 Å². The van der Waals surface area contributed by atoms with Gasteiger partial charge in [0, 0.05) is 12.5 Å². The fraction of sp³-hybridized carbons (Fsp3) is 0.667. The quantitative estimate of drug-likeness (QED) is 0.263. The van der Waals surface area contributed by atoms with E-state index in [1.807, 2.05) is 0 Å². The Morgan fingerprint density at radius 1 is 1.14 bits per heavy atom. The summed E-state index contributed by atoms with van der Waals surface area (Å²) in [6, 6.07) is 0. The third-order valence-electron chi connectivity index (χ3n) is 2.46. The standard InChI is InChI=1S/C12H18F2O7S/c1-2-10(15)20-8-6-4-3-5-7-11(16)21-9-12(13,14)22(17,18)19/h2H,1,3-9H2,(H,17,18,19). The summed E-state index contributed by atoms with van der Waals surface area (Å²) >= 11 is 0. The van der Waals surface area contributed by atoms with Gasteiger partial charge in [-0.15, -0.1) is 0 Å². The van der Waals surface area contributed by atoms with Crippen LogP contribution in [-0.2, 0) is 29.2 Å². The van der Waals surface area contributed by atoms with E-state index in [4.69, 9.17) is 9.29 Å². The summed E-state index contributed by atoms with van der Waals surface area (Å²) in [5.74, 6) is -1.51. The fourth-order valence-electron chi connectivity index (χ4n) is 1.27. The molecule has 0 fully saturated rings. The minimum atomic E-state index is -5.60. The first-order valence-electron chi connectivity index (χ1n) is 6.40. The predicted molar refractivity (Wildman–Crippen MR) is 71.7 cm³/mol. The van der Waals surface area contributed by atoms with E-state index < -0.39 is 33.9 Å². The predicted octanol–water partition coefficient (Wildman–Crippen LogP) is 1.69. The van der Waals surface area contributed by atoms with Crippen LogP contribution in [-0.4, -0.2) is 43.4 Å². The Morgan fingerprint density at radius 2 is 1.73 bits per heavy atom. The van der Waals surface area contributed by atoms with Crippen molar-refractivity contribution in [2.45, 2.75) is 37.4 Å². The van der Waals surface area contributed by atoms with Gasteiger partial charge < -0.3 is 9.47 Å². The fourth-order valence-corrected chi connectivity index (χ4v) is 1.48. The first-order chi connectivity index (χ1) is 10.1. The van der Waals surface area contributed by atoms with Gasteiger partial charge in [-0.2, -0.15) is 17.2 Å². The number of rotatable bonds is 11. The summed E-state index contributed by atoms with van der Waals surface area (Å²) in [6.07, 6.45) is 3.04. The molecule has 7 nitrogen and oxygen atoms in total. The number of carbonyl (C=O) groups is 2. The molecular formula is C12H18F2O7S. The Labute approximate surface area is 127 Å². The van der Waals surface area contributed by atoms with E-state index in [0.29, 0.717) is 25.7 Å². The minimum absolute atomic E-state index is 0.159. The molecule has 22 heavy (non-hydrogen) atoms. The second kappa shape index (κ2) is 9.46. The topological polar surface area (TPSA) is 107 Å². The van der Waals surface area contributed by atoms with E-state index in [1.54, 1.807) is 0 Å². The monoisotopic (exact) mass is 344 g/mol. The summed E-state index contributed by atoms with van der Waals surface area (Å²) in [6.45, 7) is 1.72. The third kappa shape index (κ3) is 8.67. The van der Waals surface area contributed by atoms with E-state index in [0.717, 1.165) is 6.08 Å². The second-order valence-corrected chi connectivity index (χ2v) is 5.86. The van der Waals surface area contributed by atoms with E-state index in [-0.39, 0.29) is 13.0 Å². The lowest BCUT2D eigenvalue weighted by atomic mass is 10.1. The number of hydrogen-bond donors (Lipinski definition) is 1. The molecule has 0 aromatic heterocycles. The SMILES string of the molecule is C=CC(=O)OCCCCCCC(=O)OCC(F)(F)S(=O)(=O)O. The van der Waals surface area contributed by atoms with Gasteiger partial charge >= 0.3 is 27.3 Å². The van der Waals surface area contributed by atoms with Crippen molar-refractivity contribution in [3.8, 4) is 0 Å². The van der Waals surface area contributed by atoms with E-state index in [1.165, 1.54) is 0 Å². The molecule has 1 N–H and O–H groups in total. The van der Waals surface area contributed by atoms with E-state index >= 15 is 0 Å². The molecule has 0 saturated carbocycles. The average Bonchev–Trinajstić information content (AvgIpc) is 2.42. The van der Waals surface area contributed by atoms with Crippen molar-refractivity contribution in [1.82, 2.24) is 0 Å². The van der Waals surface area contributed by atoms with Gasteiger partial charge in [0.15, 0.2) is 6.61 Å². The van der Waals surface area contributed by atoms with Crippen LogP contribution < -0.4 is 0 Å². The van der Waals surface area contributed by atoms with Crippen LogP contribution in [0.25, 0.3) is 0 Å². The number of alkyl halides is 2. The summed E-state index contributed by atoms with van der Waals surface area (Å²) < 4.78 is 63.0. The van der Waals surface area contributed by atoms with Crippen molar-refractivity contribution in [1.29, 1.82) is 0 Å². The molecule has 10 heteroatoms. The lowest BCUT2D eigenvalue weighted by Gasteiger charge is -2.12. The maximum Gasteiger partial charge on any atom is 0.402 e. The molecule has 0 amide bonds. The van der Waals surface area contributed by atoms with Crippen molar-refractivity contribution >= 4 is 22.1 Å². The summed E-state index contributed by atoms with van der Waals surface area (Å²) in [4.78, 5) is 21.8. The molecule has 0 atom stereocenters. The van der Waals surface area contributed by atoms with E-state index in [9.17, 15) is 26.8 Å². The maximum absolute atomic E-state index is 12.7. The Kier molecular flexibility index (Phi) is 8.80. The largest absolute Gasteiger partial charge is 0.463 e. The Hall–Kier alpha value is -1.55. The second-order valence-electron chi connectivity index (χ2n) is 4.31. The smallest absolute Gasteiger partial charge is 0.402 e. The van der Waals surface area contributed by atoms with Gasteiger partial charge in [-0.3, -0.25) is 9.35 Å². The molecule has 0 saturated heterocycles. The number of ether oxygens (including phenoxy) is 2. The highest BCUT2D eigenvalue weighted by molar-refractivity contribution is 7.86. The summed E-state index contributed by atoms with van der Waals surface area (Å²) in [5.41, 5.74) is 0. The molecule has 0 unspecified atom stereocenters. The number of halogens is 2. The van der Waals surface area contributed by atoms with Crippen molar-refractivity contribution in [2.24, 2.45) is 0 Å². The molecule has 0 rings (SSSR count). The first kappa shape index (κ1) is 20.5. The molecule has 0 radical (unpaired) electrons. The minimum Gasteiger partial charge on any atom is -0.463 e. The Bertz CT molecular complexity index is 488. The van der Waals surface area contributed by atoms with Crippen LogP contribution in [0.1, 0.15) is 32.1 Å². The van der Waals surface area contributed by atoms with Crippen LogP contribution >= 0.6 is 0 Å². The summed E-state index contributed by atoms with van der Waals surface area (Å²) in [7, 11) is -5.60. The zero-order chi connectivity index (χ0) is 17.2. The molecule has 0 aliphatic carbocycles. The lowest BCUT2D eigenvalue weighted by Crippen LogP contribution is -2.34. The number of unbranched alkanes of at least 4 members (excludes halogenated alkanes) is 3. The molecule has 0 bridgehead atoms. The number of esters is 2. The molecule has 0 aliphatic heterocycles. The van der Waals surface area contributed by atoms with Gasteiger partial charge in [0.1, 0.15) is 0 Å². The third-order valence-corrected chi connectivity index (χ3v) is 3.34. The average molecular weight is 344 g/mol. The van der Waals surface area contributed by atoms with Gasteiger partial charge in [0.25, 0.3) is 0 Å². The highest BCUT2D eigenvalue weighted by atomic mass is 32.2. The highest BCUT2D eigenvalue weighted by Crippen LogP contribution is 2.20.